The van der Waals surface area contributed by atoms with Gasteiger partial charge in [-0.05, 0) is 143 Å². The average Bonchev–Trinajstić information content (AvgIpc) is 4.09. The van der Waals surface area contributed by atoms with E-state index in [0.717, 1.165) is 0 Å². The molecule has 6 aromatic rings. The molecule has 3 aliphatic carbocycles. The number of nitrogens with zero attached hydrogens (tertiary/aromatic N) is 4. The SMILES string of the molecule is Cc1ccc(N(c2ccc(C)cc2)c2cc3c4c(c2)N(C2CCCC2)c2cc(C)cc5c2[Si]4(c2ccccc2)c2c(cc(C)cc2N3C2CCCC2)N5C2CCCC2)cc1. The minimum Gasteiger partial charge on any atom is -0.338 e. The molecule has 3 heterocycles. The van der Waals surface area contributed by atoms with Crippen LogP contribution in [0.15, 0.2) is 115 Å². The fraction of sp³-hybridized carbons (Fsp3) is 0.345. The van der Waals surface area contributed by atoms with Gasteiger partial charge in [0.2, 0.25) is 0 Å². The van der Waals surface area contributed by atoms with Crippen LogP contribution in [0, 0.1) is 27.7 Å². The third-order valence-corrected chi connectivity index (χ3v) is 20.4. The molecular weight excluding hydrogens is 745 g/mol. The second-order valence-corrected chi connectivity index (χ2v) is 22.8. The van der Waals surface area contributed by atoms with E-state index in [1.54, 1.807) is 15.6 Å². The van der Waals surface area contributed by atoms with Crippen LogP contribution in [0.5, 0.6) is 0 Å². The van der Waals surface area contributed by atoms with Gasteiger partial charge in [0.05, 0.1) is 5.69 Å². The maximum Gasteiger partial charge on any atom is 0.194 e. The van der Waals surface area contributed by atoms with E-state index in [1.165, 1.54) is 156 Å². The first-order chi connectivity index (χ1) is 29.4. The lowest BCUT2D eigenvalue weighted by Crippen LogP contribution is -2.82. The zero-order valence-corrected chi connectivity index (χ0v) is 37.0. The molecule has 3 aliphatic heterocycles. The van der Waals surface area contributed by atoms with E-state index in [4.69, 9.17) is 0 Å². The van der Waals surface area contributed by atoms with Crippen LogP contribution in [0.2, 0.25) is 0 Å². The Hall–Kier alpha value is -5.26. The Morgan fingerprint density at radius 3 is 1.07 bits per heavy atom. The molecule has 0 aromatic heterocycles. The minimum absolute atomic E-state index is 0.464. The van der Waals surface area contributed by atoms with Crippen LogP contribution < -0.4 is 40.3 Å². The summed E-state index contributed by atoms with van der Waals surface area (Å²) in [6, 6.07) is 47.7. The Balaban J connectivity index is 1.26. The van der Waals surface area contributed by atoms with Gasteiger partial charge in [-0.3, -0.25) is 0 Å². The number of aryl methyl sites for hydroxylation is 4. The Kier molecular flexibility index (Phi) is 8.47. The van der Waals surface area contributed by atoms with Crippen molar-refractivity contribution in [1.82, 2.24) is 0 Å². The molecule has 302 valence electrons. The van der Waals surface area contributed by atoms with Crippen LogP contribution in [0.4, 0.5) is 51.2 Å². The summed E-state index contributed by atoms with van der Waals surface area (Å²) in [5.74, 6) is 0. The predicted octanol–water partition coefficient (Wildman–Crippen LogP) is 11.9. The van der Waals surface area contributed by atoms with Crippen LogP contribution in [0.3, 0.4) is 0 Å². The quantitative estimate of drug-likeness (QED) is 0.149. The zero-order valence-electron chi connectivity index (χ0n) is 36.0. The second kappa shape index (κ2) is 13.9. The molecule has 6 aliphatic rings. The first-order valence-corrected chi connectivity index (χ1v) is 25.3. The highest BCUT2D eigenvalue weighted by Crippen LogP contribution is 2.54. The third kappa shape index (κ3) is 5.27. The van der Waals surface area contributed by atoms with Gasteiger partial charge in [-0.15, -0.1) is 0 Å². The predicted molar refractivity (Wildman–Crippen MR) is 257 cm³/mol. The average molecular weight is 803 g/mol. The normalized spacial score (nSPS) is 19.0. The maximum atomic E-state index is 2.93. The molecule has 0 amide bonds. The van der Waals surface area contributed by atoms with Gasteiger partial charge in [0.1, 0.15) is 0 Å². The lowest BCUT2D eigenvalue weighted by Gasteiger charge is -2.58. The summed E-state index contributed by atoms with van der Waals surface area (Å²) >= 11 is 0. The molecule has 5 heteroatoms. The minimum atomic E-state index is -2.93. The number of anilines is 9. The summed E-state index contributed by atoms with van der Waals surface area (Å²) in [6.45, 7) is 9.16. The molecular formula is C55H58N4Si. The fourth-order valence-corrected chi connectivity index (χ4v) is 18.7. The van der Waals surface area contributed by atoms with Crippen molar-refractivity contribution in [1.29, 1.82) is 0 Å². The summed E-state index contributed by atoms with van der Waals surface area (Å²) in [4.78, 5) is 11.3. The van der Waals surface area contributed by atoms with E-state index in [2.05, 4.69) is 163 Å². The maximum absolute atomic E-state index is 2.93. The Morgan fingerprint density at radius 2 is 0.717 bits per heavy atom. The van der Waals surface area contributed by atoms with Crippen LogP contribution in [-0.4, -0.2) is 26.2 Å². The molecule has 0 N–H and O–H groups in total. The summed E-state index contributed by atoms with van der Waals surface area (Å²) in [5, 5.41) is 6.51. The van der Waals surface area contributed by atoms with E-state index < -0.39 is 8.07 Å². The molecule has 3 fully saturated rings. The Labute approximate surface area is 358 Å². The smallest absolute Gasteiger partial charge is 0.194 e. The molecule has 0 atom stereocenters. The van der Waals surface area contributed by atoms with Crippen molar-refractivity contribution in [2.24, 2.45) is 0 Å². The summed E-state index contributed by atoms with van der Waals surface area (Å²) < 4.78 is 0. The van der Waals surface area contributed by atoms with E-state index >= 15 is 0 Å². The standard InChI is InChI=1S/C55H58N4Si/c1-36-22-26-43(27-23-36)56(44-28-24-37(2)25-29-44)45-34-51-55-52(35-45)59(42-18-12-13-19-42)50-33-39(4)31-48-54(50)60(55,46-20-6-5-7-21-46)53-47(57(48)40-14-8-9-15-40)30-38(3)32-49(53)58(51)41-16-10-11-17-41/h5-7,20-35,40-42H,8-19H2,1-4H3. The Morgan fingerprint density at radius 1 is 0.383 bits per heavy atom. The highest BCUT2D eigenvalue weighted by Gasteiger charge is 2.61. The molecule has 0 bridgehead atoms. The lowest BCUT2D eigenvalue weighted by molar-refractivity contribution is 0.666. The monoisotopic (exact) mass is 802 g/mol. The van der Waals surface area contributed by atoms with Gasteiger partial charge in [-0.1, -0.05) is 104 Å². The number of benzene rings is 6. The molecule has 0 spiro atoms. The van der Waals surface area contributed by atoms with Gasteiger partial charge in [0.15, 0.2) is 8.07 Å². The largest absolute Gasteiger partial charge is 0.338 e. The molecule has 6 aromatic carbocycles. The number of rotatable bonds is 7. The van der Waals surface area contributed by atoms with Crippen LogP contribution >= 0.6 is 0 Å². The van der Waals surface area contributed by atoms with E-state index in [-0.39, 0.29) is 0 Å². The van der Waals surface area contributed by atoms with E-state index in [0.29, 0.717) is 18.1 Å². The molecule has 12 rings (SSSR count). The topological polar surface area (TPSA) is 13.0 Å². The summed E-state index contributed by atoms with van der Waals surface area (Å²) in [7, 11) is -2.93. The molecule has 0 unspecified atom stereocenters. The van der Waals surface area contributed by atoms with Crippen molar-refractivity contribution >= 4 is 80.0 Å². The first-order valence-electron chi connectivity index (χ1n) is 23.3. The molecule has 3 saturated carbocycles. The van der Waals surface area contributed by atoms with Gasteiger partial charge < -0.3 is 19.6 Å². The van der Waals surface area contributed by atoms with Gasteiger partial charge in [0, 0.05) is 79.2 Å². The zero-order chi connectivity index (χ0) is 40.3. The number of hydrogen-bond acceptors (Lipinski definition) is 4. The third-order valence-electron chi connectivity index (χ3n) is 15.4. The van der Waals surface area contributed by atoms with Crippen LogP contribution in [0.25, 0.3) is 0 Å². The molecule has 0 saturated heterocycles. The molecule has 60 heavy (non-hydrogen) atoms. The van der Waals surface area contributed by atoms with Gasteiger partial charge >= 0.3 is 0 Å². The first kappa shape index (κ1) is 36.6. The van der Waals surface area contributed by atoms with E-state index in [1.807, 2.05) is 0 Å². The van der Waals surface area contributed by atoms with Gasteiger partial charge in [-0.2, -0.15) is 0 Å². The van der Waals surface area contributed by atoms with Crippen molar-refractivity contribution in [3.8, 4) is 0 Å². The summed E-state index contributed by atoms with van der Waals surface area (Å²) in [5.41, 5.74) is 18.0. The molecule has 0 radical (unpaired) electrons. The molecule has 4 nitrogen and oxygen atoms in total. The Bertz CT molecular complexity index is 2480. The summed E-state index contributed by atoms with van der Waals surface area (Å²) in [6.07, 6.45) is 15.3. The highest BCUT2D eigenvalue weighted by molar-refractivity contribution is 7.24. The van der Waals surface area contributed by atoms with Crippen LogP contribution in [-0.2, 0) is 0 Å². The van der Waals surface area contributed by atoms with E-state index in [9.17, 15) is 0 Å². The van der Waals surface area contributed by atoms with Crippen molar-refractivity contribution < 1.29 is 0 Å². The lowest BCUT2D eigenvalue weighted by atomic mass is 10.00. The number of hydrogen-bond donors (Lipinski definition) is 0. The van der Waals surface area contributed by atoms with Crippen LogP contribution in [0.1, 0.15) is 99.3 Å². The van der Waals surface area contributed by atoms with Crippen molar-refractivity contribution in [3.63, 3.8) is 0 Å². The second-order valence-electron chi connectivity index (χ2n) is 19.3. The van der Waals surface area contributed by atoms with Crippen molar-refractivity contribution in [2.45, 2.75) is 123 Å². The highest BCUT2D eigenvalue weighted by atomic mass is 28.3. The van der Waals surface area contributed by atoms with Gasteiger partial charge in [0.25, 0.3) is 0 Å². The van der Waals surface area contributed by atoms with Crippen molar-refractivity contribution in [3.05, 3.63) is 138 Å². The van der Waals surface area contributed by atoms with Gasteiger partial charge in [-0.25, -0.2) is 0 Å². The van der Waals surface area contributed by atoms with Crippen molar-refractivity contribution in [2.75, 3.05) is 19.6 Å². The fourth-order valence-electron chi connectivity index (χ4n) is 12.9.